The lowest BCUT2D eigenvalue weighted by Crippen LogP contribution is -2.11. The molecule has 0 amide bonds. The summed E-state index contributed by atoms with van der Waals surface area (Å²) in [5, 5.41) is 0. The first kappa shape index (κ1) is 9.15. The normalized spacial score (nSPS) is 13.0. The van der Waals surface area contributed by atoms with Crippen molar-refractivity contribution in [3.63, 3.8) is 0 Å². The Bertz CT molecular complexity index is 511. The van der Waals surface area contributed by atoms with Crippen molar-refractivity contribution in [1.82, 2.24) is 9.97 Å². The van der Waals surface area contributed by atoms with Gasteiger partial charge in [-0.1, -0.05) is 12.1 Å². The van der Waals surface area contributed by atoms with E-state index in [2.05, 4.69) is 9.97 Å². The van der Waals surface area contributed by atoms with Crippen LogP contribution in [-0.2, 0) is 12.8 Å². The maximum Gasteiger partial charge on any atom is 0.130 e. The fourth-order valence-electron chi connectivity index (χ4n) is 2.26. The maximum absolute atomic E-state index is 5.96. The molecule has 4 heteroatoms. The second-order valence-electron chi connectivity index (χ2n) is 3.96. The lowest BCUT2D eigenvalue weighted by Gasteiger charge is -2.20. The first-order chi connectivity index (χ1) is 7.77. The molecule has 0 radical (unpaired) electrons. The zero-order valence-corrected chi connectivity index (χ0v) is 8.77. The van der Waals surface area contributed by atoms with Crippen molar-refractivity contribution in [3.8, 4) is 11.3 Å². The second kappa shape index (κ2) is 3.20. The maximum atomic E-state index is 5.96. The highest BCUT2D eigenvalue weighted by Gasteiger charge is 2.20. The fraction of sp³-hybridized carbons (Fsp3) is 0.167. The van der Waals surface area contributed by atoms with Crippen molar-refractivity contribution in [2.45, 2.75) is 12.8 Å². The quantitative estimate of drug-likeness (QED) is 0.647. The summed E-state index contributed by atoms with van der Waals surface area (Å²) >= 11 is 0. The van der Waals surface area contributed by atoms with Gasteiger partial charge in [0.05, 0.1) is 5.69 Å². The van der Waals surface area contributed by atoms with Crippen LogP contribution in [0, 0.1) is 0 Å². The van der Waals surface area contributed by atoms with Gasteiger partial charge in [0.2, 0.25) is 0 Å². The minimum atomic E-state index is 0.582. The smallest absolute Gasteiger partial charge is 0.130 e. The SMILES string of the molecule is Nc1cccc2c1CCc1c(N)ncnc1-2. The van der Waals surface area contributed by atoms with Gasteiger partial charge in [0.25, 0.3) is 0 Å². The Labute approximate surface area is 93.3 Å². The van der Waals surface area contributed by atoms with Gasteiger partial charge in [-0.3, -0.25) is 0 Å². The Morgan fingerprint density at radius 1 is 1.00 bits per heavy atom. The molecular formula is C12H12N4. The molecular weight excluding hydrogens is 200 g/mol. The molecule has 1 aromatic carbocycles. The molecule has 0 bridgehead atoms. The Morgan fingerprint density at radius 2 is 1.81 bits per heavy atom. The molecule has 2 aromatic rings. The van der Waals surface area contributed by atoms with Crippen LogP contribution in [0.3, 0.4) is 0 Å². The predicted octanol–water partition coefficient (Wildman–Crippen LogP) is 1.41. The predicted molar refractivity (Wildman–Crippen MR) is 63.7 cm³/mol. The largest absolute Gasteiger partial charge is 0.398 e. The summed E-state index contributed by atoms with van der Waals surface area (Å²) < 4.78 is 0. The van der Waals surface area contributed by atoms with Crippen LogP contribution in [0.4, 0.5) is 11.5 Å². The Balaban J connectivity index is 2.32. The molecule has 80 valence electrons. The summed E-state index contributed by atoms with van der Waals surface area (Å²) in [5.74, 6) is 0.582. The van der Waals surface area contributed by atoms with E-state index in [-0.39, 0.29) is 0 Å². The van der Waals surface area contributed by atoms with E-state index in [9.17, 15) is 0 Å². The molecule has 4 N–H and O–H groups in total. The average molecular weight is 212 g/mol. The molecule has 4 nitrogen and oxygen atoms in total. The number of aromatic nitrogens is 2. The van der Waals surface area contributed by atoms with E-state index in [0.717, 1.165) is 35.3 Å². The van der Waals surface area contributed by atoms with Crippen LogP contribution in [0.25, 0.3) is 11.3 Å². The molecule has 0 aliphatic heterocycles. The highest BCUT2D eigenvalue weighted by molar-refractivity contribution is 5.77. The van der Waals surface area contributed by atoms with Crippen LogP contribution in [-0.4, -0.2) is 9.97 Å². The third kappa shape index (κ3) is 1.16. The van der Waals surface area contributed by atoms with Crippen molar-refractivity contribution in [1.29, 1.82) is 0 Å². The lowest BCUT2D eigenvalue weighted by molar-refractivity contribution is 0.918. The van der Waals surface area contributed by atoms with E-state index in [4.69, 9.17) is 11.5 Å². The van der Waals surface area contributed by atoms with Gasteiger partial charge in [-0.05, 0) is 24.5 Å². The fourth-order valence-corrected chi connectivity index (χ4v) is 2.26. The zero-order valence-electron chi connectivity index (χ0n) is 8.77. The van der Waals surface area contributed by atoms with Crippen LogP contribution < -0.4 is 11.5 Å². The van der Waals surface area contributed by atoms with E-state index in [1.54, 1.807) is 0 Å². The number of anilines is 2. The highest BCUT2D eigenvalue weighted by atomic mass is 14.9. The Morgan fingerprint density at radius 3 is 2.69 bits per heavy atom. The molecule has 1 aromatic heterocycles. The van der Waals surface area contributed by atoms with Crippen molar-refractivity contribution in [2.75, 3.05) is 11.5 Å². The summed E-state index contributed by atoms with van der Waals surface area (Å²) in [5.41, 5.74) is 16.9. The van der Waals surface area contributed by atoms with Gasteiger partial charge in [0.1, 0.15) is 12.1 Å². The van der Waals surface area contributed by atoms with Gasteiger partial charge in [0, 0.05) is 16.8 Å². The van der Waals surface area contributed by atoms with Crippen molar-refractivity contribution in [3.05, 3.63) is 35.7 Å². The second-order valence-corrected chi connectivity index (χ2v) is 3.96. The first-order valence-electron chi connectivity index (χ1n) is 5.24. The van der Waals surface area contributed by atoms with Crippen LogP contribution in [0.1, 0.15) is 11.1 Å². The van der Waals surface area contributed by atoms with Crippen molar-refractivity contribution >= 4 is 11.5 Å². The monoisotopic (exact) mass is 212 g/mol. The number of benzene rings is 1. The minimum Gasteiger partial charge on any atom is -0.398 e. The molecule has 1 aliphatic carbocycles. The number of fused-ring (bicyclic) bond motifs is 3. The molecule has 0 spiro atoms. The molecule has 0 fully saturated rings. The Kier molecular flexibility index (Phi) is 1.83. The molecule has 0 saturated carbocycles. The van der Waals surface area contributed by atoms with Crippen molar-refractivity contribution < 1.29 is 0 Å². The van der Waals surface area contributed by atoms with Crippen molar-refractivity contribution in [2.24, 2.45) is 0 Å². The van der Waals surface area contributed by atoms with Crippen LogP contribution in [0.2, 0.25) is 0 Å². The number of nitrogen functional groups attached to an aromatic ring is 2. The molecule has 0 atom stereocenters. The Hall–Kier alpha value is -2.10. The van der Waals surface area contributed by atoms with Gasteiger partial charge in [0.15, 0.2) is 0 Å². The third-order valence-electron chi connectivity index (χ3n) is 3.07. The van der Waals surface area contributed by atoms with Crippen LogP contribution >= 0.6 is 0 Å². The van der Waals surface area contributed by atoms with Gasteiger partial charge in [-0.25, -0.2) is 9.97 Å². The summed E-state index contributed by atoms with van der Waals surface area (Å²) in [6.07, 6.45) is 3.28. The van der Waals surface area contributed by atoms with Gasteiger partial charge in [-0.15, -0.1) is 0 Å². The summed E-state index contributed by atoms with van der Waals surface area (Å²) in [6, 6.07) is 5.91. The van der Waals surface area contributed by atoms with E-state index in [0.29, 0.717) is 5.82 Å². The zero-order chi connectivity index (χ0) is 11.1. The van der Waals surface area contributed by atoms with Gasteiger partial charge >= 0.3 is 0 Å². The molecule has 0 unspecified atom stereocenters. The van der Waals surface area contributed by atoms with Crippen LogP contribution in [0.15, 0.2) is 24.5 Å². The molecule has 3 rings (SSSR count). The number of hydrogen-bond donors (Lipinski definition) is 2. The van der Waals surface area contributed by atoms with E-state index in [1.165, 1.54) is 11.9 Å². The first-order valence-corrected chi connectivity index (χ1v) is 5.24. The van der Waals surface area contributed by atoms with E-state index in [1.807, 2.05) is 18.2 Å². The summed E-state index contributed by atoms with van der Waals surface area (Å²) in [6.45, 7) is 0. The molecule has 1 heterocycles. The molecule has 16 heavy (non-hydrogen) atoms. The summed E-state index contributed by atoms with van der Waals surface area (Å²) in [4.78, 5) is 8.34. The number of nitrogens with two attached hydrogens (primary N) is 2. The number of hydrogen-bond acceptors (Lipinski definition) is 4. The topological polar surface area (TPSA) is 77.8 Å². The highest BCUT2D eigenvalue weighted by Crippen LogP contribution is 2.35. The minimum absolute atomic E-state index is 0.582. The van der Waals surface area contributed by atoms with Gasteiger partial charge < -0.3 is 11.5 Å². The standard InChI is InChI=1S/C12H12N4/c13-10-3-1-2-8-7(10)4-5-9-11(8)15-6-16-12(9)14/h1-3,6H,4-5,13H2,(H2,14,15,16). The summed E-state index contributed by atoms with van der Waals surface area (Å²) in [7, 11) is 0. The molecule has 1 aliphatic rings. The van der Waals surface area contributed by atoms with Crippen LogP contribution in [0.5, 0.6) is 0 Å². The average Bonchev–Trinajstić information content (AvgIpc) is 2.30. The van der Waals surface area contributed by atoms with E-state index >= 15 is 0 Å². The van der Waals surface area contributed by atoms with Gasteiger partial charge in [-0.2, -0.15) is 0 Å². The number of nitrogens with zero attached hydrogens (tertiary/aromatic N) is 2. The molecule has 0 saturated heterocycles. The lowest BCUT2D eigenvalue weighted by atomic mass is 9.88. The third-order valence-corrected chi connectivity index (χ3v) is 3.07. The van der Waals surface area contributed by atoms with E-state index < -0.39 is 0 Å². The number of rotatable bonds is 0.